The molecule has 1 heterocycles. The maximum atomic E-state index is 14.2. The molecule has 3 aromatic rings. The molecule has 1 aliphatic heterocycles. The van der Waals surface area contributed by atoms with Gasteiger partial charge in [0, 0.05) is 22.6 Å². The Labute approximate surface area is 261 Å². The van der Waals surface area contributed by atoms with Crippen LogP contribution in [-0.2, 0) is 29.1 Å². The Morgan fingerprint density at radius 2 is 1.67 bits per heavy atom. The summed E-state index contributed by atoms with van der Waals surface area (Å²) in [5, 5.41) is 10.7. The van der Waals surface area contributed by atoms with Crippen LogP contribution in [-0.4, -0.2) is 49.0 Å². The summed E-state index contributed by atoms with van der Waals surface area (Å²) in [4.78, 5) is 27.7. The Kier molecular flexibility index (Phi) is 8.30. The first-order chi connectivity index (χ1) is 20.6. The van der Waals surface area contributed by atoms with Crippen molar-refractivity contribution in [2.45, 2.75) is 61.1 Å². The zero-order chi connectivity index (χ0) is 30.4. The van der Waals surface area contributed by atoms with Gasteiger partial charge in [-0.05, 0) is 72.6 Å². The van der Waals surface area contributed by atoms with Gasteiger partial charge in [-0.25, -0.2) is 13.1 Å². The highest BCUT2D eigenvalue weighted by Gasteiger charge is 2.57. The summed E-state index contributed by atoms with van der Waals surface area (Å²) in [6.07, 6.45) is 0.115. The van der Waals surface area contributed by atoms with Crippen LogP contribution in [0.1, 0.15) is 60.9 Å². The lowest BCUT2D eigenvalue weighted by Crippen LogP contribution is -2.58. The lowest BCUT2D eigenvalue weighted by molar-refractivity contribution is -0.184. The molecule has 1 amide bonds. The molecule has 0 bridgehead atoms. The highest BCUT2D eigenvalue weighted by Crippen LogP contribution is 2.53. The molecule has 2 saturated carbocycles. The van der Waals surface area contributed by atoms with Gasteiger partial charge in [0.1, 0.15) is 17.0 Å². The molecular formula is C32H32Cl2N2O6S. The largest absolute Gasteiger partial charge is 0.481 e. The van der Waals surface area contributed by atoms with Crippen molar-refractivity contribution in [1.82, 2.24) is 9.62 Å². The zero-order valence-corrected chi connectivity index (χ0v) is 25.6. The topological polar surface area (TPSA) is 113 Å². The fraction of sp³-hybridized carbons (Fsp3) is 0.375. The molecule has 6 rings (SSSR count). The van der Waals surface area contributed by atoms with E-state index < -0.39 is 57.4 Å². The van der Waals surface area contributed by atoms with Gasteiger partial charge in [-0.1, -0.05) is 77.8 Å². The molecule has 3 aliphatic rings. The average molecular weight is 644 g/mol. The average Bonchev–Trinajstić information content (AvgIpc) is 3.90. The summed E-state index contributed by atoms with van der Waals surface area (Å²) >= 11 is 12.6. The quantitative estimate of drug-likeness (QED) is 0.271. The predicted molar refractivity (Wildman–Crippen MR) is 163 cm³/mol. The van der Waals surface area contributed by atoms with E-state index in [2.05, 4.69) is 4.72 Å². The summed E-state index contributed by atoms with van der Waals surface area (Å²) in [6.45, 7) is -0.000525. The van der Waals surface area contributed by atoms with Crippen LogP contribution in [0, 0.1) is 5.92 Å². The van der Waals surface area contributed by atoms with Gasteiger partial charge < -0.3 is 14.7 Å². The number of ether oxygens (including phenoxy) is 1. The molecule has 0 radical (unpaired) electrons. The Balaban J connectivity index is 1.40. The number of carboxylic acid groups (broad SMARTS) is 1. The lowest BCUT2D eigenvalue weighted by atomic mass is 9.89. The SMILES string of the molecule is O=C(O)C[C@H]1O[C@H](c2cccc(Cl)c2)[C@@H](c2ccc(Cl)cc2)N([C@H](CNS(=O)(=O)C2(c3ccccc3)CC2)C2CC2)C1=O. The maximum absolute atomic E-state index is 14.2. The molecule has 0 aromatic heterocycles. The normalized spacial score (nSPS) is 24.0. The molecule has 8 nitrogen and oxygen atoms in total. The van der Waals surface area contributed by atoms with Gasteiger partial charge in [0.2, 0.25) is 10.0 Å². The predicted octanol–water partition coefficient (Wildman–Crippen LogP) is 5.87. The van der Waals surface area contributed by atoms with Gasteiger partial charge in [0.15, 0.2) is 0 Å². The molecule has 2 N–H and O–H groups in total. The highest BCUT2D eigenvalue weighted by molar-refractivity contribution is 7.90. The fourth-order valence-electron chi connectivity index (χ4n) is 6.24. The Hall–Kier alpha value is -2.95. The van der Waals surface area contributed by atoms with Crippen molar-refractivity contribution in [3.8, 4) is 0 Å². The third kappa shape index (κ3) is 6.06. The number of morpholine rings is 1. The van der Waals surface area contributed by atoms with Crippen molar-refractivity contribution in [1.29, 1.82) is 0 Å². The van der Waals surface area contributed by atoms with Crippen LogP contribution in [0.4, 0.5) is 0 Å². The van der Waals surface area contributed by atoms with Gasteiger partial charge in [-0.2, -0.15) is 0 Å². The minimum atomic E-state index is -3.80. The zero-order valence-electron chi connectivity index (χ0n) is 23.2. The fourth-order valence-corrected chi connectivity index (χ4v) is 8.31. The maximum Gasteiger partial charge on any atom is 0.306 e. The molecule has 226 valence electrons. The number of carbonyl (C=O) groups excluding carboxylic acids is 1. The number of amides is 1. The summed E-state index contributed by atoms with van der Waals surface area (Å²) in [5.41, 5.74) is 2.15. The van der Waals surface area contributed by atoms with E-state index in [0.29, 0.717) is 28.5 Å². The third-order valence-electron chi connectivity index (χ3n) is 8.70. The summed E-state index contributed by atoms with van der Waals surface area (Å²) in [7, 11) is -3.80. The van der Waals surface area contributed by atoms with Crippen LogP contribution in [0.15, 0.2) is 78.9 Å². The second-order valence-electron chi connectivity index (χ2n) is 11.6. The van der Waals surface area contributed by atoms with Crippen LogP contribution in [0.2, 0.25) is 10.0 Å². The van der Waals surface area contributed by atoms with Gasteiger partial charge >= 0.3 is 5.97 Å². The number of nitrogens with one attached hydrogen (secondary N) is 1. The number of sulfonamides is 1. The second kappa shape index (κ2) is 11.9. The number of nitrogens with zero attached hydrogens (tertiary/aromatic N) is 1. The van der Waals surface area contributed by atoms with Gasteiger partial charge in [0.25, 0.3) is 5.91 Å². The van der Waals surface area contributed by atoms with Crippen molar-refractivity contribution in [2.75, 3.05) is 6.54 Å². The highest BCUT2D eigenvalue weighted by atomic mass is 35.5. The number of carboxylic acids is 1. The van der Waals surface area contributed by atoms with E-state index in [-0.39, 0.29) is 12.5 Å². The molecule has 0 spiro atoms. The molecule has 43 heavy (non-hydrogen) atoms. The number of halogens is 2. The van der Waals surface area contributed by atoms with Gasteiger partial charge in [-0.3, -0.25) is 9.59 Å². The first-order valence-corrected chi connectivity index (χ1v) is 16.6. The van der Waals surface area contributed by atoms with E-state index in [0.717, 1.165) is 24.0 Å². The Morgan fingerprint density at radius 1 is 0.977 bits per heavy atom. The van der Waals surface area contributed by atoms with Gasteiger partial charge in [-0.15, -0.1) is 0 Å². The number of benzene rings is 3. The molecule has 4 atom stereocenters. The molecule has 3 aromatic carbocycles. The number of hydrogen-bond acceptors (Lipinski definition) is 5. The van der Waals surface area contributed by atoms with E-state index in [1.165, 1.54) is 0 Å². The van der Waals surface area contributed by atoms with Crippen LogP contribution >= 0.6 is 23.2 Å². The Morgan fingerprint density at radius 3 is 2.28 bits per heavy atom. The molecule has 0 unspecified atom stereocenters. The van der Waals surface area contributed by atoms with E-state index >= 15 is 0 Å². The van der Waals surface area contributed by atoms with Crippen LogP contribution < -0.4 is 4.72 Å². The summed E-state index contributed by atoms with van der Waals surface area (Å²) in [5.74, 6) is -1.62. The molecule has 2 aliphatic carbocycles. The van der Waals surface area contributed by atoms with Crippen molar-refractivity contribution < 1.29 is 27.9 Å². The van der Waals surface area contributed by atoms with Crippen molar-refractivity contribution >= 4 is 45.1 Å². The van der Waals surface area contributed by atoms with E-state index in [9.17, 15) is 23.1 Å². The molecule has 3 fully saturated rings. The Bertz CT molecular complexity index is 1610. The third-order valence-corrected chi connectivity index (χ3v) is 11.4. The standard InChI is InChI=1S/C32H32Cl2N2O6S/c33-24-13-11-21(12-14-24)29-30(22-5-4-8-25(34)17-22)42-27(18-28(37)38)31(39)36(29)26(20-9-10-20)19-35-43(40,41)32(15-16-32)23-6-2-1-3-7-23/h1-8,11-14,17,20,26-27,29-30,35H,9-10,15-16,18-19H2,(H,37,38)/t26-,27-,29-,30-/m1/s1. The summed E-state index contributed by atoms with van der Waals surface area (Å²) in [6, 6.07) is 22.1. The van der Waals surface area contributed by atoms with Crippen LogP contribution in [0.5, 0.6) is 0 Å². The second-order valence-corrected chi connectivity index (χ2v) is 14.5. The van der Waals surface area contributed by atoms with Crippen LogP contribution in [0.3, 0.4) is 0 Å². The minimum absolute atomic E-state index is 0.000525. The first-order valence-electron chi connectivity index (χ1n) is 14.3. The van der Waals surface area contributed by atoms with Crippen molar-refractivity contribution in [2.24, 2.45) is 5.92 Å². The van der Waals surface area contributed by atoms with E-state index in [1.54, 1.807) is 35.2 Å². The first kappa shape index (κ1) is 30.1. The number of carbonyl (C=O) groups is 2. The monoisotopic (exact) mass is 642 g/mol. The number of rotatable bonds is 11. The van der Waals surface area contributed by atoms with Gasteiger partial charge in [0.05, 0.1) is 12.5 Å². The molecule has 11 heteroatoms. The molecule has 1 saturated heterocycles. The van der Waals surface area contributed by atoms with Crippen LogP contribution in [0.25, 0.3) is 0 Å². The lowest BCUT2D eigenvalue weighted by Gasteiger charge is -2.48. The molecular weight excluding hydrogens is 611 g/mol. The smallest absolute Gasteiger partial charge is 0.306 e. The van der Waals surface area contributed by atoms with E-state index in [1.807, 2.05) is 48.5 Å². The number of aliphatic carboxylic acids is 1. The summed E-state index contributed by atoms with van der Waals surface area (Å²) < 4.78 is 35.8. The van der Waals surface area contributed by atoms with Crippen molar-refractivity contribution in [3.05, 3.63) is 106 Å². The van der Waals surface area contributed by atoms with Crippen molar-refractivity contribution in [3.63, 3.8) is 0 Å². The number of hydrogen-bond donors (Lipinski definition) is 2. The van der Waals surface area contributed by atoms with E-state index in [4.69, 9.17) is 27.9 Å². The minimum Gasteiger partial charge on any atom is -0.481 e.